The zero-order valence-electron chi connectivity index (χ0n) is 9.16. The van der Waals surface area contributed by atoms with Crippen LogP contribution >= 0.6 is 0 Å². The van der Waals surface area contributed by atoms with Crippen LogP contribution in [-0.4, -0.2) is 31.2 Å². The van der Waals surface area contributed by atoms with E-state index in [4.69, 9.17) is 5.11 Å². The third-order valence-electron chi connectivity index (χ3n) is 2.62. The Hall–Kier alpha value is -2.76. The van der Waals surface area contributed by atoms with Gasteiger partial charge in [-0.15, -0.1) is 10.2 Å². The first-order chi connectivity index (χ1) is 8.75. The van der Waals surface area contributed by atoms with Gasteiger partial charge in [0.25, 0.3) is 5.82 Å². The number of aromatic amines is 1. The number of hydrogen-bond donors (Lipinski definition) is 2. The molecule has 0 aliphatic heterocycles. The van der Waals surface area contributed by atoms with Crippen molar-refractivity contribution in [3.8, 4) is 11.3 Å². The Morgan fingerprint density at radius 2 is 2.06 bits per heavy atom. The fourth-order valence-electron chi connectivity index (χ4n) is 1.78. The van der Waals surface area contributed by atoms with Crippen molar-refractivity contribution in [1.29, 1.82) is 0 Å². The van der Waals surface area contributed by atoms with Gasteiger partial charge in [-0.2, -0.15) is 0 Å². The zero-order chi connectivity index (χ0) is 12.5. The molecule has 18 heavy (non-hydrogen) atoms. The molecule has 3 aromatic rings. The molecule has 88 valence electrons. The van der Waals surface area contributed by atoms with Gasteiger partial charge in [0.2, 0.25) is 0 Å². The third-order valence-corrected chi connectivity index (χ3v) is 2.62. The van der Waals surface area contributed by atoms with Gasteiger partial charge in [0.1, 0.15) is 5.69 Å². The number of carboxylic acid groups (broad SMARTS) is 1. The minimum absolute atomic E-state index is 0.307. The van der Waals surface area contributed by atoms with E-state index in [9.17, 15) is 4.79 Å². The number of aromatic nitrogens is 4. The molecule has 0 aliphatic rings. The van der Waals surface area contributed by atoms with E-state index < -0.39 is 5.97 Å². The van der Waals surface area contributed by atoms with E-state index in [-0.39, 0.29) is 5.82 Å². The van der Waals surface area contributed by atoms with Crippen molar-refractivity contribution in [1.82, 2.24) is 20.2 Å². The summed E-state index contributed by atoms with van der Waals surface area (Å²) >= 11 is 0. The molecule has 2 N–H and O–H groups in total. The van der Waals surface area contributed by atoms with Gasteiger partial charge in [-0.1, -0.05) is 18.2 Å². The molecule has 2 heterocycles. The second-order valence-corrected chi connectivity index (χ2v) is 3.72. The number of nitrogens with zero attached hydrogens (tertiary/aromatic N) is 3. The number of carboxylic acids is 1. The van der Waals surface area contributed by atoms with Crippen molar-refractivity contribution in [2.75, 3.05) is 0 Å². The lowest BCUT2D eigenvalue weighted by molar-refractivity contribution is 0.0682. The second kappa shape index (κ2) is 3.92. The summed E-state index contributed by atoms with van der Waals surface area (Å²) in [5.41, 5.74) is 2.37. The van der Waals surface area contributed by atoms with Crippen LogP contribution in [0.3, 0.4) is 0 Å². The maximum atomic E-state index is 10.6. The van der Waals surface area contributed by atoms with E-state index in [1.807, 2.05) is 24.3 Å². The van der Waals surface area contributed by atoms with E-state index >= 15 is 0 Å². The minimum Gasteiger partial charge on any atom is -0.475 e. The maximum absolute atomic E-state index is 10.6. The van der Waals surface area contributed by atoms with Gasteiger partial charge in [-0.05, 0) is 6.07 Å². The molecule has 3 rings (SSSR count). The van der Waals surface area contributed by atoms with Gasteiger partial charge in [-0.25, -0.2) is 9.78 Å². The van der Waals surface area contributed by atoms with Crippen LogP contribution in [0, 0.1) is 0 Å². The first kappa shape index (κ1) is 10.4. The SMILES string of the molecule is O=C(O)c1ncc(-c2c[nH]c3ccccc23)nn1. The molecule has 6 heteroatoms. The van der Waals surface area contributed by atoms with Crippen molar-refractivity contribution in [3.63, 3.8) is 0 Å². The standard InChI is InChI=1S/C12H8N4O2/c17-12(18)11-14-6-10(15-16-11)8-5-13-9-4-2-1-3-7(8)9/h1-6,13H,(H,17,18). The zero-order valence-corrected chi connectivity index (χ0v) is 9.16. The predicted octanol–water partition coefficient (Wildman–Crippen LogP) is 1.72. The van der Waals surface area contributed by atoms with Gasteiger partial charge >= 0.3 is 5.97 Å². The molecule has 0 fully saturated rings. The van der Waals surface area contributed by atoms with Crippen molar-refractivity contribution in [2.45, 2.75) is 0 Å². The van der Waals surface area contributed by atoms with E-state index in [2.05, 4.69) is 20.2 Å². The van der Waals surface area contributed by atoms with E-state index in [1.54, 1.807) is 6.20 Å². The highest BCUT2D eigenvalue weighted by Gasteiger charge is 2.11. The molecule has 0 bridgehead atoms. The number of nitrogens with one attached hydrogen (secondary N) is 1. The molecule has 0 radical (unpaired) electrons. The van der Waals surface area contributed by atoms with E-state index in [0.29, 0.717) is 5.69 Å². The molecular formula is C12H8N4O2. The summed E-state index contributed by atoms with van der Waals surface area (Å²) in [4.78, 5) is 17.5. The van der Waals surface area contributed by atoms with Crippen LogP contribution in [0.1, 0.15) is 10.6 Å². The first-order valence-electron chi connectivity index (χ1n) is 5.25. The van der Waals surface area contributed by atoms with Crippen LogP contribution in [0.25, 0.3) is 22.2 Å². The van der Waals surface area contributed by atoms with Crippen molar-refractivity contribution < 1.29 is 9.90 Å². The Morgan fingerprint density at radius 1 is 1.22 bits per heavy atom. The van der Waals surface area contributed by atoms with Crippen LogP contribution in [0.2, 0.25) is 0 Å². The van der Waals surface area contributed by atoms with Crippen LogP contribution in [-0.2, 0) is 0 Å². The number of benzene rings is 1. The number of aromatic carboxylic acids is 1. The van der Waals surface area contributed by atoms with Gasteiger partial charge in [-0.3, -0.25) is 0 Å². The minimum atomic E-state index is -1.19. The van der Waals surface area contributed by atoms with Crippen molar-refractivity contribution in [3.05, 3.63) is 42.5 Å². The number of rotatable bonds is 2. The molecule has 0 amide bonds. The lowest BCUT2D eigenvalue weighted by Crippen LogP contribution is -2.05. The van der Waals surface area contributed by atoms with E-state index in [1.165, 1.54) is 6.20 Å². The molecular weight excluding hydrogens is 232 g/mol. The quantitative estimate of drug-likeness (QED) is 0.711. The van der Waals surface area contributed by atoms with Crippen LogP contribution < -0.4 is 0 Å². The number of H-pyrrole nitrogens is 1. The molecule has 2 aromatic heterocycles. The highest BCUT2D eigenvalue weighted by molar-refractivity contribution is 5.94. The number of fused-ring (bicyclic) bond motifs is 1. The Kier molecular flexibility index (Phi) is 2.26. The largest absolute Gasteiger partial charge is 0.475 e. The fraction of sp³-hybridized carbons (Fsp3) is 0. The monoisotopic (exact) mass is 240 g/mol. The summed E-state index contributed by atoms with van der Waals surface area (Å²) in [6, 6.07) is 7.76. The molecule has 0 saturated carbocycles. The molecule has 0 saturated heterocycles. The van der Waals surface area contributed by atoms with Crippen LogP contribution in [0.4, 0.5) is 0 Å². The molecule has 0 unspecified atom stereocenters. The van der Waals surface area contributed by atoms with Gasteiger partial charge < -0.3 is 10.1 Å². The predicted molar refractivity (Wildman–Crippen MR) is 64.1 cm³/mol. The van der Waals surface area contributed by atoms with Crippen molar-refractivity contribution in [2.24, 2.45) is 0 Å². The summed E-state index contributed by atoms with van der Waals surface area (Å²) < 4.78 is 0. The highest BCUT2D eigenvalue weighted by atomic mass is 16.4. The van der Waals surface area contributed by atoms with Gasteiger partial charge in [0.05, 0.1) is 6.20 Å². The van der Waals surface area contributed by atoms with E-state index in [0.717, 1.165) is 16.5 Å². The molecule has 0 atom stereocenters. The Morgan fingerprint density at radius 3 is 2.78 bits per heavy atom. The Bertz CT molecular complexity index is 718. The van der Waals surface area contributed by atoms with Gasteiger partial charge in [0.15, 0.2) is 0 Å². The summed E-state index contributed by atoms with van der Waals surface area (Å²) in [6.45, 7) is 0. The number of para-hydroxylation sites is 1. The normalized spacial score (nSPS) is 10.7. The van der Waals surface area contributed by atoms with Crippen LogP contribution in [0.5, 0.6) is 0 Å². The van der Waals surface area contributed by atoms with Gasteiger partial charge in [0, 0.05) is 22.7 Å². The molecule has 6 nitrogen and oxygen atoms in total. The molecule has 0 spiro atoms. The van der Waals surface area contributed by atoms with Crippen molar-refractivity contribution >= 4 is 16.9 Å². The smallest absolute Gasteiger partial charge is 0.375 e. The average Bonchev–Trinajstić information content (AvgIpc) is 2.82. The average molecular weight is 240 g/mol. The maximum Gasteiger partial charge on any atom is 0.375 e. The Balaban J connectivity index is 2.12. The summed E-state index contributed by atoms with van der Waals surface area (Å²) in [7, 11) is 0. The first-order valence-corrected chi connectivity index (χ1v) is 5.25. The Labute approximate surface area is 101 Å². The summed E-state index contributed by atoms with van der Waals surface area (Å²) in [5.74, 6) is -1.49. The highest BCUT2D eigenvalue weighted by Crippen LogP contribution is 2.25. The van der Waals surface area contributed by atoms with Crippen LogP contribution in [0.15, 0.2) is 36.7 Å². The lowest BCUT2D eigenvalue weighted by atomic mass is 10.1. The topological polar surface area (TPSA) is 91.8 Å². The third kappa shape index (κ3) is 1.60. The summed E-state index contributed by atoms with van der Waals surface area (Å²) in [6.07, 6.45) is 3.21. The molecule has 1 aromatic carbocycles. The summed E-state index contributed by atoms with van der Waals surface area (Å²) in [5, 5.41) is 17.1. The second-order valence-electron chi connectivity index (χ2n) is 3.72. The molecule has 0 aliphatic carbocycles. The lowest BCUT2D eigenvalue weighted by Gasteiger charge is -1.97. The number of hydrogen-bond acceptors (Lipinski definition) is 4. The fourth-order valence-corrected chi connectivity index (χ4v) is 1.78. The number of carbonyl (C=O) groups is 1.